The van der Waals surface area contributed by atoms with Gasteiger partial charge in [-0.05, 0) is 23.3 Å². The Morgan fingerprint density at radius 3 is 1.06 bits per heavy atom. The Morgan fingerprint density at radius 1 is 0.417 bits per heavy atom. The zero-order valence-electron chi connectivity index (χ0n) is 19.3. The lowest BCUT2D eigenvalue weighted by Gasteiger charge is -2.42. The van der Waals surface area contributed by atoms with Gasteiger partial charge in [0.25, 0.3) is 0 Å². The molecule has 0 saturated heterocycles. The molecule has 0 spiro atoms. The minimum atomic E-state index is -1.43. The van der Waals surface area contributed by atoms with E-state index in [1.54, 1.807) is 0 Å². The molecule has 2 aliphatic rings. The fourth-order valence-electron chi connectivity index (χ4n) is 5.07. The van der Waals surface area contributed by atoms with E-state index in [4.69, 9.17) is 9.47 Å². The zero-order valence-corrected chi connectivity index (χ0v) is 19.3. The van der Waals surface area contributed by atoms with Crippen molar-refractivity contribution in [3.05, 3.63) is 156 Å². The van der Waals surface area contributed by atoms with Crippen LogP contribution in [-0.4, -0.2) is 11.9 Å². The van der Waals surface area contributed by atoms with Crippen molar-refractivity contribution in [1.82, 2.24) is 0 Å². The van der Waals surface area contributed by atoms with Crippen molar-refractivity contribution in [3.8, 4) is 0 Å². The smallest absolute Gasteiger partial charge is 0.339 e. The maximum absolute atomic E-state index is 13.5. The molecule has 36 heavy (non-hydrogen) atoms. The molecule has 4 heteroatoms. The van der Waals surface area contributed by atoms with Crippen LogP contribution in [0.4, 0.5) is 0 Å². The van der Waals surface area contributed by atoms with Gasteiger partial charge >= 0.3 is 11.9 Å². The molecule has 0 bridgehead atoms. The number of hydrogen-bond acceptors (Lipinski definition) is 4. The average molecular weight is 471 g/mol. The highest BCUT2D eigenvalue weighted by molar-refractivity contribution is 6.21. The van der Waals surface area contributed by atoms with E-state index in [9.17, 15) is 9.59 Å². The number of rotatable bonds is 5. The Hall–Kier alpha value is -4.70. The maximum atomic E-state index is 13.5. The zero-order chi connectivity index (χ0) is 24.6. The normalized spacial score (nSPS) is 23.0. The Kier molecular flexibility index (Phi) is 5.15. The second-order valence-corrected chi connectivity index (χ2v) is 8.83. The van der Waals surface area contributed by atoms with Gasteiger partial charge < -0.3 is 9.47 Å². The summed E-state index contributed by atoms with van der Waals surface area (Å²) in [6, 6.07) is 37.7. The fourth-order valence-corrected chi connectivity index (χ4v) is 5.07. The highest BCUT2D eigenvalue weighted by Crippen LogP contribution is 2.56. The molecule has 4 aromatic rings. The molecule has 0 aliphatic carbocycles. The van der Waals surface area contributed by atoms with E-state index in [-0.39, 0.29) is 0 Å². The third-order valence-electron chi connectivity index (χ3n) is 6.77. The highest BCUT2D eigenvalue weighted by Gasteiger charge is 2.63. The second kappa shape index (κ2) is 8.51. The van der Waals surface area contributed by atoms with E-state index in [2.05, 4.69) is 0 Å². The van der Waals surface area contributed by atoms with Gasteiger partial charge in [-0.15, -0.1) is 0 Å². The number of carbonyl (C=O) groups excluding carboxylic acids is 2. The molecule has 0 saturated carbocycles. The molecule has 2 aliphatic heterocycles. The van der Waals surface area contributed by atoms with Crippen LogP contribution in [0.15, 0.2) is 133 Å². The first kappa shape index (κ1) is 21.8. The number of benzene rings is 4. The molecule has 0 unspecified atom stereocenters. The van der Waals surface area contributed by atoms with Crippen molar-refractivity contribution in [1.29, 1.82) is 0 Å². The van der Waals surface area contributed by atoms with Crippen molar-refractivity contribution >= 4 is 23.1 Å². The first-order valence-corrected chi connectivity index (χ1v) is 11.8. The average Bonchev–Trinajstić information content (AvgIpc) is 3.50. The van der Waals surface area contributed by atoms with E-state index in [0.717, 1.165) is 11.1 Å². The van der Waals surface area contributed by atoms with Crippen molar-refractivity contribution < 1.29 is 19.1 Å². The molecular weight excluding hydrogens is 448 g/mol. The predicted octanol–water partition coefficient (Wildman–Crippen LogP) is 6.06. The lowest BCUT2D eigenvalue weighted by atomic mass is 9.72. The van der Waals surface area contributed by atoms with Crippen molar-refractivity contribution in [2.24, 2.45) is 0 Å². The summed E-state index contributed by atoms with van der Waals surface area (Å²) in [6.07, 6.45) is 3.62. The summed E-state index contributed by atoms with van der Waals surface area (Å²) in [5.74, 6) is -0.948. The Bertz CT molecular complexity index is 1370. The third kappa shape index (κ3) is 3.30. The number of ether oxygens (including phenoxy) is 2. The Morgan fingerprint density at radius 2 is 0.722 bits per heavy atom. The number of cyclic esters (lactones) is 2. The lowest BCUT2D eigenvalue weighted by Crippen LogP contribution is -2.48. The van der Waals surface area contributed by atoms with Crippen LogP contribution in [0, 0.1) is 0 Å². The lowest BCUT2D eigenvalue weighted by molar-refractivity contribution is -0.183. The minimum absolute atomic E-state index is 0.423. The van der Waals surface area contributed by atoms with Gasteiger partial charge in [0.05, 0.1) is 11.1 Å². The van der Waals surface area contributed by atoms with Crippen LogP contribution >= 0.6 is 0 Å². The number of esters is 2. The quantitative estimate of drug-likeness (QED) is 0.333. The standard InChI is InChI=1S/C32H22O4/c33-29-27(23-13-5-1-6-14-23)21-31(35-29,25-17-9-3-10-18-25)32(26-19-11-4-12-20-26)22-28(30(34)36-32)24-15-7-2-8-16-24/h1-22H/t31-,32+. The SMILES string of the molecule is O=C1O[C@@](c2ccccc2)([C@]2(c3ccccc3)C=C(c3ccccc3)C(=O)O2)C=C1c1ccccc1. The fraction of sp³-hybridized carbons (Fsp3) is 0.0625. The summed E-state index contributed by atoms with van der Waals surface area (Å²) in [7, 11) is 0. The molecule has 6 rings (SSSR count). The Balaban J connectivity index is 1.67. The van der Waals surface area contributed by atoms with Crippen LogP contribution in [0.3, 0.4) is 0 Å². The molecular formula is C32H22O4. The molecule has 0 amide bonds. The first-order valence-electron chi connectivity index (χ1n) is 11.8. The van der Waals surface area contributed by atoms with Crippen LogP contribution in [0.1, 0.15) is 22.3 Å². The molecule has 174 valence electrons. The summed E-state index contributed by atoms with van der Waals surface area (Å²) in [5, 5.41) is 0. The van der Waals surface area contributed by atoms with E-state index in [1.807, 2.05) is 133 Å². The molecule has 4 nitrogen and oxygen atoms in total. The van der Waals surface area contributed by atoms with Gasteiger partial charge in [-0.25, -0.2) is 9.59 Å². The summed E-state index contributed by atoms with van der Waals surface area (Å²) in [6.45, 7) is 0. The van der Waals surface area contributed by atoms with Crippen molar-refractivity contribution in [2.45, 2.75) is 11.2 Å². The molecule has 4 aromatic carbocycles. The van der Waals surface area contributed by atoms with Crippen LogP contribution in [0.25, 0.3) is 11.1 Å². The maximum Gasteiger partial charge on any atom is 0.339 e. The van der Waals surface area contributed by atoms with Gasteiger partial charge in [0, 0.05) is 11.1 Å². The van der Waals surface area contributed by atoms with Crippen molar-refractivity contribution in [3.63, 3.8) is 0 Å². The highest BCUT2D eigenvalue weighted by atomic mass is 16.6. The van der Waals surface area contributed by atoms with Gasteiger partial charge in [-0.1, -0.05) is 121 Å². The summed E-state index contributed by atoms with van der Waals surface area (Å²) in [5.41, 5.74) is 0.867. The van der Waals surface area contributed by atoms with E-state index >= 15 is 0 Å². The van der Waals surface area contributed by atoms with Crippen LogP contribution in [-0.2, 0) is 30.3 Å². The van der Waals surface area contributed by atoms with E-state index in [1.165, 1.54) is 0 Å². The molecule has 2 atom stereocenters. The summed E-state index contributed by atoms with van der Waals surface area (Å²) >= 11 is 0. The van der Waals surface area contributed by atoms with Crippen molar-refractivity contribution in [2.75, 3.05) is 0 Å². The molecule has 0 fully saturated rings. The Labute approximate surface area is 209 Å². The largest absolute Gasteiger partial charge is 0.441 e. The van der Waals surface area contributed by atoms with Gasteiger partial charge in [-0.2, -0.15) is 0 Å². The first-order chi connectivity index (χ1) is 17.6. The van der Waals surface area contributed by atoms with Gasteiger partial charge in [0.1, 0.15) is 0 Å². The van der Waals surface area contributed by atoms with E-state index < -0.39 is 23.1 Å². The van der Waals surface area contributed by atoms with Crippen LogP contribution in [0.5, 0.6) is 0 Å². The summed E-state index contributed by atoms with van der Waals surface area (Å²) < 4.78 is 12.6. The van der Waals surface area contributed by atoms with Gasteiger partial charge in [-0.3, -0.25) is 0 Å². The molecule has 0 radical (unpaired) electrons. The van der Waals surface area contributed by atoms with Crippen LogP contribution < -0.4 is 0 Å². The summed E-state index contributed by atoms with van der Waals surface area (Å²) in [4.78, 5) is 27.0. The monoisotopic (exact) mass is 470 g/mol. The predicted molar refractivity (Wildman–Crippen MR) is 137 cm³/mol. The van der Waals surface area contributed by atoms with Gasteiger partial charge in [0.2, 0.25) is 11.2 Å². The van der Waals surface area contributed by atoms with Crippen LogP contribution in [0.2, 0.25) is 0 Å². The third-order valence-corrected chi connectivity index (χ3v) is 6.77. The molecule has 0 aromatic heterocycles. The number of hydrogen-bond donors (Lipinski definition) is 0. The minimum Gasteiger partial charge on any atom is -0.441 e. The molecule has 0 N–H and O–H groups in total. The topological polar surface area (TPSA) is 52.6 Å². The van der Waals surface area contributed by atoms with Gasteiger partial charge in [0.15, 0.2) is 0 Å². The van der Waals surface area contributed by atoms with E-state index in [0.29, 0.717) is 22.3 Å². The second-order valence-electron chi connectivity index (χ2n) is 8.83. The number of carbonyl (C=O) groups is 2. The molecule has 2 heterocycles.